The lowest BCUT2D eigenvalue weighted by Gasteiger charge is -2.26. The maximum Gasteiger partial charge on any atom is 0.339 e. The molecule has 1 aliphatic rings. The van der Waals surface area contributed by atoms with Crippen LogP contribution in [0.25, 0.3) is 6.08 Å². The summed E-state index contributed by atoms with van der Waals surface area (Å²) in [6.45, 7) is 1.99. The van der Waals surface area contributed by atoms with Crippen molar-refractivity contribution in [2.24, 2.45) is 0 Å². The van der Waals surface area contributed by atoms with Gasteiger partial charge < -0.3 is 9.84 Å². The number of urea groups is 1. The third-order valence-electron chi connectivity index (χ3n) is 4.03. The number of nitrogens with one attached hydrogen (secondary N) is 1. The van der Waals surface area contributed by atoms with Crippen molar-refractivity contribution in [1.82, 2.24) is 5.32 Å². The highest BCUT2D eigenvalue weighted by Gasteiger charge is 2.36. The van der Waals surface area contributed by atoms with E-state index in [2.05, 4.69) is 5.32 Å². The van der Waals surface area contributed by atoms with Crippen molar-refractivity contribution >= 4 is 47.2 Å². The van der Waals surface area contributed by atoms with E-state index in [4.69, 9.17) is 16.3 Å². The first-order valence-corrected chi connectivity index (χ1v) is 8.86. The molecule has 148 valence electrons. The van der Waals surface area contributed by atoms with Gasteiger partial charge >= 0.3 is 12.0 Å². The van der Waals surface area contributed by atoms with Crippen molar-refractivity contribution in [3.63, 3.8) is 0 Å². The van der Waals surface area contributed by atoms with Gasteiger partial charge in [0.25, 0.3) is 11.8 Å². The Balaban J connectivity index is 2.01. The fourth-order valence-electron chi connectivity index (χ4n) is 2.73. The summed E-state index contributed by atoms with van der Waals surface area (Å²) in [6, 6.07) is 9.27. The van der Waals surface area contributed by atoms with Crippen molar-refractivity contribution in [2.45, 2.75) is 6.92 Å². The zero-order valence-corrected chi connectivity index (χ0v) is 15.9. The van der Waals surface area contributed by atoms with E-state index < -0.39 is 23.8 Å². The summed E-state index contributed by atoms with van der Waals surface area (Å²) >= 11 is 5.83. The molecule has 2 aromatic carbocycles. The maximum atomic E-state index is 12.8. The van der Waals surface area contributed by atoms with Crippen LogP contribution in [-0.2, 0) is 9.59 Å². The molecule has 0 spiro atoms. The van der Waals surface area contributed by atoms with Crippen LogP contribution < -0.4 is 15.0 Å². The first kappa shape index (κ1) is 20.1. The van der Waals surface area contributed by atoms with E-state index in [-0.39, 0.29) is 34.7 Å². The fraction of sp³-hybridized carbons (Fsp3) is 0.100. The molecule has 1 saturated heterocycles. The highest BCUT2D eigenvalue weighted by molar-refractivity contribution is 6.39. The van der Waals surface area contributed by atoms with Gasteiger partial charge in [0.2, 0.25) is 0 Å². The Morgan fingerprint density at radius 2 is 1.86 bits per heavy atom. The smallest absolute Gasteiger partial charge is 0.339 e. The molecule has 2 aromatic rings. The van der Waals surface area contributed by atoms with Gasteiger partial charge in [0, 0.05) is 5.02 Å². The number of hydrogen-bond donors (Lipinski definition) is 2. The second kappa shape index (κ2) is 8.15. The molecule has 0 atom stereocenters. The molecule has 0 radical (unpaired) electrons. The Bertz CT molecular complexity index is 1050. The van der Waals surface area contributed by atoms with Crippen LogP contribution in [0.15, 0.2) is 48.0 Å². The van der Waals surface area contributed by atoms with Crippen LogP contribution in [-0.4, -0.2) is 35.5 Å². The van der Waals surface area contributed by atoms with Crippen LogP contribution in [0.1, 0.15) is 22.8 Å². The quantitative estimate of drug-likeness (QED) is 0.574. The molecule has 0 aliphatic carbocycles. The van der Waals surface area contributed by atoms with Gasteiger partial charge in [-0.1, -0.05) is 17.7 Å². The summed E-state index contributed by atoms with van der Waals surface area (Å²) in [7, 11) is 0. The van der Waals surface area contributed by atoms with Crippen LogP contribution in [0, 0.1) is 0 Å². The van der Waals surface area contributed by atoms with E-state index >= 15 is 0 Å². The second-order valence-corrected chi connectivity index (χ2v) is 6.36. The van der Waals surface area contributed by atoms with Gasteiger partial charge in [0.15, 0.2) is 0 Å². The molecule has 0 unspecified atom stereocenters. The number of hydrogen-bond acceptors (Lipinski definition) is 5. The lowest BCUT2D eigenvalue weighted by Crippen LogP contribution is -2.54. The average molecular weight is 415 g/mol. The number of imide groups is 2. The predicted octanol–water partition coefficient (Wildman–Crippen LogP) is 3.10. The first-order chi connectivity index (χ1) is 13.8. The molecule has 1 fully saturated rings. The molecule has 8 nitrogen and oxygen atoms in total. The van der Waals surface area contributed by atoms with E-state index in [1.54, 1.807) is 6.92 Å². The Kier molecular flexibility index (Phi) is 5.65. The molecule has 9 heteroatoms. The average Bonchev–Trinajstić information content (AvgIpc) is 2.67. The minimum atomic E-state index is -1.22. The zero-order valence-electron chi connectivity index (χ0n) is 15.1. The summed E-state index contributed by atoms with van der Waals surface area (Å²) < 4.78 is 5.27. The minimum Gasteiger partial charge on any atom is -0.493 e. The number of amides is 4. The number of carbonyl (C=O) groups excluding carboxylic acids is 3. The molecular formula is C20H15ClN2O6. The number of benzene rings is 2. The number of carboxylic acid groups (broad SMARTS) is 1. The monoisotopic (exact) mass is 414 g/mol. The van der Waals surface area contributed by atoms with Crippen LogP contribution in [0.5, 0.6) is 5.75 Å². The van der Waals surface area contributed by atoms with E-state index in [1.807, 2.05) is 0 Å². The highest BCUT2D eigenvalue weighted by Crippen LogP contribution is 2.25. The summed E-state index contributed by atoms with van der Waals surface area (Å²) in [4.78, 5) is 49.5. The van der Waals surface area contributed by atoms with E-state index in [0.29, 0.717) is 5.02 Å². The third-order valence-corrected chi connectivity index (χ3v) is 4.28. The normalized spacial score (nSPS) is 15.4. The fourth-order valence-corrected chi connectivity index (χ4v) is 2.86. The van der Waals surface area contributed by atoms with Gasteiger partial charge in [-0.05, 0) is 55.0 Å². The van der Waals surface area contributed by atoms with Gasteiger partial charge in [-0.25, -0.2) is 14.5 Å². The van der Waals surface area contributed by atoms with Crippen molar-refractivity contribution in [3.8, 4) is 5.75 Å². The third kappa shape index (κ3) is 4.12. The topological polar surface area (TPSA) is 113 Å². The molecule has 4 amide bonds. The molecule has 29 heavy (non-hydrogen) atoms. The lowest BCUT2D eigenvalue weighted by molar-refractivity contribution is -0.122. The van der Waals surface area contributed by atoms with Crippen LogP contribution >= 0.6 is 11.6 Å². The summed E-state index contributed by atoms with van der Waals surface area (Å²) in [5, 5.41) is 11.9. The largest absolute Gasteiger partial charge is 0.493 e. The molecule has 1 heterocycles. The Hall–Kier alpha value is -3.65. The molecule has 0 saturated carbocycles. The Morgan fingerprint density at radius 1 is 1.17 bits per heavy atom. The number of carbonyl (C=O) groups is 4. The molecule has 1 aliphatic heterocycles. The van der Waals surface area contributed by atoms with Gasteiger partial charge in [-0.2, -0.15) is 0 Å². The molecule has 0 aromatic heterocycles. The summed E-state index contributed by atoms with van der Waals surface area (Å²) in [5.41, 5.74) is 0.0820. The van der Waals surface area contributed by atoms with E-state index in [0.717, 1.165) is 4.90 Å². The SMILES string of the molecule is CCOc1ccc(/C=C2\C(=O)NC(=O)N(c3ccc(Cl)cc3)C2=O)cc1C(=O)O. The summed E-state index contributed by atoms with van der Waals surface area (Å²) in [5.74, 6) is -2.77. The van der Waals surface area contributed by atoms with Crippen LogP contribution in [0.2, 0.25) is 5.02 Å². The number of halogens is 1. The van der Waals surface area contributed by atoms with E-state index in [1.165, 1.54) is 48.5 Å². The summed E-state index contributed by atoms with van der Waals surface area (Å²) in [6.07, 6.45) is 1.22. The Morgan fingerprint density at radius 3 is 2.48 bits per heavy atom. The van der Waals surface area contributed by atoms with Crippen molar-refractivity contribution in [3.05, 3.63) is 64.2 Å². The van der Waals surface area contributed by atoms with Gasteiger partial charge in [-0.3, -0.25) is 14.9 Å². The molecule has 3 rings (SSSR count). The second-order valence-electron chi connectivity index (χ2n) is 5.93. The van der Waals surface area contributed by atoms with Gasteiger partial charge in [0.1, 0.15) is 16.9 Å². The number of carboxylic acids is 1. The molecule has 0 bridgehead atoms. The number of barbiturate groups is 1. The van der Waals surface area contributed by atoms with Crippen LogP contribution in [0.3, 0.4) is 0 Å². The predicted molar refractivity (Wildman–Crippen MR) is 105 cm³/mol. The standard InChI is InChI=1S/C20H15ClN2O6/c1-2-29-16-8-3-11(9-14(16)19(26)27)10-15-17(24)22-20(28)23(18(15)25)13-6-4-12(21)5-7-13/h3-10H,2H2,1H3,(H,26,27)(H,22,24,28)/b15-10+. The number of anilines is 1. The van der Waals surface area contributed by atoms with Crippen molar-refractivity contribution in [2.75, 3.05) is 11.5 Å². The maximum absolute atomic E-state index is 12.8. The number of ether oxygens (including phenoxy) is 1. The van der Waals surface area contributed by atoms with Crippen LogP contribution in [0.4, 0.5) is 10.5 Å². The van der Waals surface area contributed by atoms with Crippen molar-refractivity contribution in [1.29, 1.82) is 0 Å². The molecule has 2 N–H and O–H groups in total. The lowest BCUT2D eigenvalue weighted by atomic mass is 10.0. The zero-order chi connectivity index (χ0) is 21.1. The van der Waals surface area contributed by atoms with Gasteiger partial charge in [0.05, 0.1) is 12.3 Å². The highest BCUT2D eigenvalue weighted by atomic mass is 35.5. The van der Waals surface area contributed by atoms with Gasteiger partial charge in [-0.15, -0.1) is 0 Å². The number of rotatable bonds is 5. The Labute approximate surface area is 170 Å². The molecular weight excluding hydrogens is 400 g/mol. The number of nitrogens with zero attached hydrogens (tertiary/aromatic N) is 1. The first-order valence-electron chi connectivity index (χ1n) is 8.49. The van der Waals surface area contributed by atoms with E-state index in [9.17, 15) is 24.3 Å². The minimum absolute atomic E-state index is 0.115. The number of aromatic carboxylic acids is 1. The van der Waals surface area contributed by atoms with Crippen molar-refractivity contribution < 1.29 is 29.0 Å².